The molecule has 0 aromatic heterocycles. The smallest absolute Gasteiger partial charge is 0.253 e. The van der Waals surface area contributed by atoms with Gasteiger partial charge in [0.25, 0.3) is 5.91 Å². The van der Waals surface area contributed by atoms with E-state index >= 15 is 0 Å². The van der Waals surface area contributed by atoms with Gasteiger partial charge in [0, 0.05) is 25.2 Å². The maximum absolute atomic E-state index is 12.4. The van der Waals surface area contributed by atoms with Gasteiger partial charge in [0.2, 0.25) is 0 Å². The van der Waals surface area contributed by atoms with Gasteiger partial charge in [0.05, 0.1) is 0 Å². The summed E-state index contributed by atoms with van der Waals surface area (Å²) in [6, 6.07) is 8.13. The van der Waals surface area contributed by atoms with Gasteiger partial charge >= 0.3 is 0 Å². The lowest BCUT2D eigenvalue weighted by Crippen LogP contribution is -2.43. The summed E-state index contributed by atoms with van der Waals surface area (Å²) in [5, 5.41) is 0. The molecule has 1 atom stereocenters. The Hall–Kier alpha value is -1.35. The minimum absolute atomic E-state index is 0.0812. The van der Waals surface area contributed by atoms with Gasteiger partial charge in [-0.2, -0.15) is 0 Å². The van der Waals surface area contributed by atoms with Crippen molar-refractivity contribution in [1.82, 2.24) is 4.90 Å². The average Bonchev–Trinajstić information content (AvgIpc) is 3.23. The number of nitrogens with zero attached hydrogens (tertiary/aromatic N) is 1. The van der Waals surface area contributed by atoms with Crippen molar-refractivity contribution in [2.75, 3.05) is 13.6 Å². The lowest BCUT2D eigenvalue weighted by molar-refractivity contribution is 0.0718. The summed E-state index contributed by atoms with van der Waals surface area (Å²) in [7, 11) is 1.87. The molecule has 0 aliphatic heterocycles. The van der Waals surface area contributed by atoms with Gasteiger partial charge in [0.1, 0.15) is 0 Å². The molecule has 0 spiro atoms. The van der Waals surface area contributed by atoms with Gasteiger partial charge in [-0.3, -0.25) is 4.79 Å². The molecule has 104 valence electrons. The SMILES string of the molecule is CC(C)c1ccc(C(=O)N(C)C(CN)C2CC2)cc1. The Balaban J connectivity index is 2.09. The van der Waals surface area contributed by atoms with E-state index in [0.29, 0.717) is 18.4 Å². The lowest BCUT2D eigenvalue weighted by Gasteiger charge is -2.27. The molecule has 1 amide bonds. The second-order valence-corrected chi connectivity index (χ2v) is 5.83. The van der Waals surface area contributed by atoms with Gasteiger partial charge in [0.15, 0.2) is 0 Å². The van der Waals surface area contributed by atoms with E-state index in [1.54, 1.807) is 0 Å². The molecule has 0 bridgehead atoms. The van der Waals surface area contributed by atoms with Gasteiger partial charge in [-0.15, -0.1) is 0 Å². The third-order valence-electron chi connectivity index (χ3n) is 4.05. The van der Waals surface area contributed by atoms with E-state index in [1.165, 1.54) is 18.4 Å². The summed E-state index contributed by atoms with van der Waals surface area (Å²) in [6.45, 7) is 4.86. The van der Waals surface area contributed by atoms with E-state index in [4.69, 9.17) is 5.73 Å². The van der Waals surface area contributed by atoms with Crippen molar-refractivity contribution in [3.05, 3.63) is 35.4 Å². The third kappa shape index (κ3) is 3.16. The summed E-state index contributed by atoms with van der Waals surface area (Å²) < 4.78 is 0. The second kappa shape index (κ2) is 5.74. The van der Waals surface area contributed by atoms with Gasteiger partial charge in [-0.1, -0.05) is 26.0 Å². The van der Waals surface area contributed by atoms with Crippen LogP contribution in [0.15, 0.2) is 24.3 Å². The highest BCUT2D eigenvalue weighted by molar-refractivity contribution is 5.94. The topological polar surface area (TPSA) is 46.3 Å². The van der Waals surface area contributed by atoms with E-state index in [9.17, 15) is 4.79 Å². The number of carbonyl (C=O) groups excluding carboxylic acids is 1. The number of hydrogen-bond acceptors (Lipinski definition) is 2. The molecule has 1 unspecified atom stereocenters. The predicted molar refractivity (Wildman–Crippen MR) is 78.2 cm³/mol. The molecule has 3 nitrogen and oxygen atoms in total. The normalized spacial score (nSPS) is 16.5. The summed E-state index contributed by atoms with van der Waals surface area (Å²) in [5.74, 6) is 1.18. The zero-order chi connectivity index (χ0) is 14.0. The summed E-state index contributed by atoms with van der Waals surface area (Å²) in [6.07, 6.45) is 2.40. The highest BCUT2D eigenvalue weighted by atomic mass is 16.2. The summed E-state index contributed by atoms with van der Waals surface area (Å²) in [5.41, 5.74) is 7.82. The fourth-order valence-corrected chi connectivity index (χ4v) is 2.51. The molecule has 1 aliphatic carbocycles. The zero-order valence-corrected chi connectivity index (χ0v) is 12.1. The van der Waals surface area contributed by atoms with Crippen LogP contribution in [0, 0.1) is 5.92 Å². The van der Waals surface area contributed by atoms with Crippen LogP contribution in [0.5, 0.6) is 0 Å². The van der Waals surface area contributed by atoms with Crippen LogP contribution in [0.4, 0.5) is 0 Å². The number of nitrogens with two attached hydrogens (primary N) is 1. The largest absolute Gasteiger partial charge is 0.337 e. The van der Waals surface area contributed by atoms with Crippen LogP contribution in [0.3, 0.4) is 0 Å². The summed E-state index contributed by atoms with van der Waals surface area (Å²) >= 11 is 0. The van der Waals surface area contributed by atoms with Crippen molar-refractivity contribution < 1.29 is 4.79 Å². The lowest BCUT2D eigenvalue weighted by atomic mass is 10.0. The first-order valence-electron chi connectivity index (χ1n) is 7.11. The third-order valence-corrected chi connectivity index (χ3v) is 4.05. The molecule has 1 aromatic carbocycles. The highest BCUT2D eigenvalue weighted by Crippen LogP contribution is 2.34. The van der Waals surface area contributed by atoms with Crippen molar-refractivity contribution in [1.29, 1.82) is 0 Å². The van der Waals surface area contributed by atoms with Crippen molar-refractivity contribution in [2.24, 2.45) is 11.7 Å². The average molecular weight is 260 g/mol. The van der Waals surface area contributed by atoms with Crippen LogP contribution in [-0.2, 0) is 0 Å². The Morgan fingerprint density at radius 1 is 1.32 bits per heavy atom. The standard InChI is InChI=1S/C16H24N2O/c1-11(2)12-4-8-14(9-5-12)16(19)18(3)15(10-17)13-6-7-13/h4-5,8-9,11,13,15H,6-7,10,17H2,1-3H3. The summed E-state index contributed by atoms with van der Waals surface area (Å²) in [4.78, 5) is 14.3. The first kappa shape index (κ1) is 14.1. The number of likely N-dealkylation sites (N-methyl/N-ethyl adjacent to an activating group) is 1. The fraction of sp³-hybridized carbons (Fsp3) is 0.562. The molecular formula is C16H24N2O. The Morgan fingerprint density at radius 2 is 1.89 bits per heavy atom. The molecule has 19 heavy (non-hydrogen) atoms. The Kier molecular flexibility index (Phi) is 4.25. The molecule has 0 heterocycles. The van der Waals surface area contributed by atoms with Gasteiger partial charge < -0.3 is 10.6 Å². The zero-order valence-electron chi connectivity index (χ0n) is 12.1. The van der Waals surface area contributed by atoms with Gasteiger partial charge in [-0.25, -0.2) is 0 Å². The molecule has 3 heteroatoms. The molecule has 1 aromatic rings. The number of hydrogen-bond donors (Lipinski definition) is 1. The van der Waals surface area contributed by atoms with Crippen LogP contribution in [0.25, 0.3) is 0 Å². The van der Waals surface area contributed by atoms with E-state index < -0.39 is 0 Å². The molecular weight excluding hydrogens is 236 g/mol. The van der Waals surface area contributed by atoms with Crippen molar-refractivity contribution in [3.63, 3.8) is 0 Å². The molecule has 1 aliphatic rings. The highest BCUT2D eigenvalue weighted by Gasteiger charge is 2.34. The van der Waals surface area contributed by atoms with Crippen molar-refractivity contribution >= 4 is 5.91 Å². The maximum Gasteiger partial charge on any atom is 0.253 e. The molecule has 0 radical (unpaired) electrons. The van der Waals surface area contributed by atoms with Crippen molar-refractivity contribution in [2.45, 2.75) is 38.6 Å². The van der Waals surface area contributed by atoms with Crippen LogP contribution >= 0.6 is 0 Å². The number of amides is 1. The van der Waals surface area contributed by atoms with Gasteiger partial charge in [-0.05, 0) is 42.4 Å². The molecule has 2 N–H and O–H groups in total. The quantitative estimate of drug-likeness (QED) is 0.884. The second-order valence-electron chi connectivity index (χ2n) is 5.83. The number of carbonyl (C=O) groups is 1. The Bertz CT molecular complexity index is 435. The Labute approximate surface area is 115 Å². The van der Waals surface area contributed by atoms with Crippen LogP contribution in [0.1, 0.15) is 48.5 Å². The Morgan fingerprint density at radius 3 is 2.32 bits per heavy atom. The van der Waals surface area contributed by atoms with Crippen LogP contribution in [0.2, 0.25) is 0 Å². The van der Waals surface area contributed by atoms with E-state index in [1.807, 2.05) is 36.2 Å². The maximum atomic E-state index is 12.4. The molecule has 2 rings (SSSR count). The predicted octanol–water partition coefficient (Wildman–Crippen LogP) is 2.62. The van der Waals surface area contributed by atoms with Crippen LogP contribution < -0.4 is 5.73 Å². The molecule has 1 fully saturated rings. The first-order valence-corrected chi connectivity index (χ1v) is 7.11. The number of benzene rings is 1. The number of rotatable bonds is 5. The minimum atomic E-state index is 0.0812. The molecule has 0 saturated heterocycles. The minimum Gasteiger partial charge on any atom is -0.337 e. The first-order chi connectivity index (χ1) is 9.04. The fourth-order valence-electron chi connectivity index (χ4n) is 2.51. The molecule has 1 saturated carbocycles. The van der Waals surface area contributed by atoms with E-state index in [2.05, 4.69) is 13.8 Å². The van der Waals surface area contributed by atoms with Crippen LogP contribution in [-0.4, -0.2) is 30.4 Å². The van der Waals surface area contributed by atoms with Crippen molar-refractivity contribution in [3.8, 4) is 0 Å². The van der Waals surface area contributed by atoms with E-state index in [-0.39, 0.29) is 11.9 Å². The monoisotopic (exact) mass is 260 g/mol. The van der Waals surface area contributed by atoms with E-state index in [0.717, 1.165) is 5.56 Å².